The highest BCUT2D eigenvalue weighted by Crippen LogP contribution is 2.26. The second-order valence-electron chi connectivity index (χ2n) is 9.86. The van der Waals surface area contributed by atoms with Crippen LogP contribution in [-0.2, 0) is 32.2 Å². The smallest absolute Gasteiger partial charge is 0.356 e. The van der Waals surface area contributed by atoms with E-state index in [2.05, 4.69) is 20.6 Å². The van der Waals surface area contributed by atoms with Gasteiger partial charge < -0.3 is 49.0 Å². The number of aromatic nitrogens is 2. The average Bonchev–Trinajstić information content (AvgIpc) is 3.72. The topological polar surface area (TPSA) is 193 Å². The molecule has 2 aromatic carbocycles. The molecule has 2 fully saturated rings. The van der Waals surface area contributed by atoms with Gasteiger partial charge in [-0.25, -0.2) is 24.4 Å². The van der Waals surface area contributed by atoms with Gasteiger partial charge in [0.1, 0.15) is 24.7 Å². The number of carbonyl (C=O) groups is 3. The highest BCUT2D eigenvalue weighted by atomic mass is 16.6. The van der Waals surface area contributed by atoms with E-state index >= 15 is 0 Å². The number of aliphatic hydroxyl groups is 2. The van der Waals surface area contributed by atoms with E-state index in [0.717, 1.165) is 0 Å². The number of ether oxygens (including phenoxy) is 2. The Bertz CT molecular complexity index is 1520. The number of carbonyl (C=O) groups excluding carboxylic acids is 3. The molecule has 2 amide bonds. The van der Waals surface area contributed by atoms with E-state index in [9.17, 15) is 24.6 Å². The lowest BCUT2D eigenvalue weighted by atomic mass is 10.2. The number of esters is 2. The number of nitrogens with one attached hydrogen (secondary N) is 2. The molecule has 15 nitrogen and oxygen atoms in total. The Hall–Kier alpha value is -5.41. The summed E-state index contributed by atoms with van der Waals surface area (Å²) >= 11 is 0. The van der Waals surface area contributed by atoms with Gasteiger partial charge >= 0.3 is 18.0 Å². The van der Waals surface area contributed by atoms with Crippen LogP contribution < -0.4 is 20.4 Å². The van der Waals surface area contributed by atoms with Crippen LogP contribution in [0.15, 0.2) is 69.8 Å². The molecule has 6 rings (SSSR count). The van der Waals surface area contributed by atoms with Gasteiger partial charge in [-0.15, -0.1) is 0 Å². The summed E-state index contributed by atoms with van der Waals surface area (Å²) in [7, 11) is 0. The SMILES string of the molecule is O=C(NCc1cnc(-c2ccc(N3CCOC(=O)[C@@H]3O)cc2)o1)NCc1cnc(-c2ccc(N3CCOC(=O)[C@@H]3O)cc2)o1. The number of anilines is 2. The van der Waals surface area contributed by atoms with Crippen LogP contribution in [0, 0.1) is 0 Å². The Morgan fingerprint density at radius 3 is 1.55 bits per heavy atom. The Balaban J connectivity index is 0.973. The molecule has 44 heavy (non-hydrogen) atoms. The van der Waals surface area contributed by atoms with Gasteiger partial charge in [0.25, 0.3) is 0 Å². The summed E-state index contributed by atoms with van der Waals surface area (Å²) < 4.78 is 21.2. The molecule has 0 radical (unpaired) electrons. The quantitative estimate of drug-likeness (QED) is 0.211. The van der Waals surface area contributed by atoms with Crippen molar-refractivity contribution < 1.29 is 42.9 Å². The minimum atomic E-state index is -1.35. The van der Waals surface area contributed by atoms with Crippen LogP contribution in [0.25, 0.3) is 22.9 Å². The van der Waals surface area contributed by atoms with Crippen LogP contribution in [0.1, 0.15) is 11.5 Å². The predicted octanol–water partition coefficient (Wildman–Crippen LogP) is 1.36. The molecule has 15 heteroatoms. The molecule has 2 saturated heterocycles. The molecule has 0 saturated carbocycles. The number of hydrogen-bond acceptors (Lipinski definition) is 13. The zero-order valence-electron chi connectivity index (χ0n) is 23.2. The zero-order chi connectivity index (χ0) is 30.6. The van der Waals surface area contributed by atoms with Crippen molar-refractivity contribution in [3.63, 3.8) is 0 Å². The molecule has 4 heterocycles. The third-order valence-corrected chi connectivity index (χ3v) is 7.01. The average molecular weight is 605 g/mol. The molecule has 4 aromatic rings. The van der Waals surface area contributed by atoms with Gasteiger partial charge in [0.2, 0.25) is 24.2 Å². The lowest BCUT2D eigenvalue weighted by molar-refractivity contribution is -0.157. The molecule has 0 unspecified atom stereocenters. The van der Waals surface area contributed by atoms with Crippen molar-refractivity contribution in [2.45, 2.75) is 25.5 Å². The number of hydrogen-bond donors (Lipinski definition) is 4. The van der Waals surface area contributed by atoms with E-state index in [4.69, 9.17) is 18.3 Å². The number of rotatable bonds is 8. The molecule has 4 N–H and O–H groups in total. The fraction of sp³-hybridized carbons (Fsp3) is 0.276. The predicted molar refractivity (Wildman–Crippen MR) is 152 cm³/mol. The lowest BCUT2D eigenvalue weighted by Gasteiger charge is -2.32. The van der Waals surface area contributed by atoms with E-state index in [1.807, 2.05) is 0 Å². The molecular formula is C29H28N6O9. The lowest BCUT2D eigenvalue weighted by Crippen LogP contribution is -2.48. The largest absolute Gasteiger partial charge is 0.460 e. The number of nitrogens with zero attached hydrogens (tertiary/aromatic N) is 4. The van der Waals surface area contributed by atoms with Crippen LogP contribution in [0.4, 0.5) is 16.2 Å². The van der Waals surface area contributed by atoms with Crippen molar-refractivity contribution in [2.24, 2.45) is 0 Å². The van der Waals surface area contributed by atoms with Gasteiger partial charge in [0, 0.05) is 22.5 Å². The number of benzene rings is 2. The van der Waals surface area contributed by atoms with Crippen LogP contribution in [0.5, 0.6) is 0 Å². The minimum absolute atomic E-state index is 0.0937. The van der Waals surface area contributed by atoms with E-state index in [-0.39, 0.29) is 26.3 Å². The molecule has 2 atom stereocenters. The first-order valence-corrected chi connectivity index (χ1v) is 13.7. The normalized spacial score (nSPS) is 18.5. The molecule has 228 valence electrons. The van der Waals surface area contributed by atoms with Gasteiger partial charge in [-0.1, -0.05) is 0 Å². The molecule has 2 aromatic heterocycles. The highest BCUT2D eigenvalue weighted by Gasteiger charge is 2.30. The molecular weight excluding hydrogens is 576 g/mol. The van der Waals surface area contributed by atoms with Gasteiger partial charge in [0.15, 0.2) is 0 Å². The van der Waals surface area contributed by atoms with E-state index in [1.165, 1.54) is 12.4 Å². The fourth-order valence-electron chi connectivity index (χ4n) is 4.71. The van der Waals surface area contributed by atoms with Crippen LogP contribution >= 0.6 is 0 Å². The van der Waals surface area contributed by atoms with Crippen molar-refractivity contribution in [1.29, 1.82) is 0 Å². The fourth-order valence-corrected chi connectivity index (χ4v) is 4.71. The van der Waals surface area contributed by atoms with E-state index in [0.29, 0.717) is 58.9 Å². The molecule has 0 bridgehead atoms. The summed E-state index contributed by atoms with van der Waals surface area (Å²) in [6, 6.07) is 13.6. The first-order valence-electron chi connectivity index (χ1n) is 13.7. The number of urea groups is 1. The maximum Gasteiger partial charge on any atom is 0.356 e. The minimum Gasteiger partial charge on any atom is -0.460 e. The van der Waals surface area contributed by atoms with E-state index < -0.39 is 30.4 Å². The summed E-state index contributed by atoms with van der Waals surface area (Å²) in [5, 5.41) is 25.5. The molecule has 2 aliphatic rings. The van der Waals surface area contributed by atoms with Crippen molar-refractivity contribution in [3.8, 4) is 22.9 Å². The maximum absolute atomic E-state index is 12.4. The zero-order valence-corrected chi connectivity index (χ0v) is 23.2. The Kier molecular flexibility index (Phi) is 8.12. The van der Waals surface area contributed by atoms with Crippen molar-refractivity contribution in [3.05, 3.63) is 72.4 Å². The summed E-state index contributed by atoms with van der Waals surface area (Å²) in [5.74, 6) is 0.206. The first-order chi connectivity index (χ1) is 21.4. The van der Waals surface area contributed by atoms with Crippen molar-refractivity contribution in [2.75, 3.05) is 36.1 Å². The number of aliphatic hydroxyl groups excluding tert-OH is 2. The van der Waals surface area contributed by atoms with Gasteiger partial charge in [-0.05, 0) is 48.5 Å². The molecule has 0 aliphatic carbocycles. The third-order valence-electron chi connectivity index (χ3n) is 7.01. The second kappa shape index (κ2) is 12.4. The summed E-state index contributed by atoms with van der Waals surface area (Å²) in [4.78, 5) is 47.2. The van der Waals surface area contributed by atoms with Crippen molar-refractivity contribution in [1.82, 2.24) is 20.6 Å². The van der Waals surface area contributed by atoms with Crippen LogP contribution in [-0.4, -0.2) is 76.9 Å². The number of morpholine rings is 2. The summed E-state index contributed by atoms with van der Waals surface area (Å²) in [5.41, 5.74) is 2.68. The standard InChI is InChI=1S/C29H28N6O9/c36-25-27(38)41-11-9-34(25)19-5-1-17(2-6-19)23-30-13-21(43-23)15-32-29(40)33-16-22-14-31-24(44-22)18-3-7-20(8-4-18)35-10-12-42-28(39)26(35)37/h1-8,13-14,25-26,36-37H,9-12,15-16H2,(H2,32,33,40)/t25-,26-/m0/s1. The van der Waals surface area contributed by atoms with Gasteiger partial charge in [-0.3, -0.25) is 0 Å². The first kappa shape index (κ1) is 28.7. The molecule has 2 aliphatic heterocycles. The van der Waals surface area contributed by atoms with Crippen molar-refractivity contribution >= 4 is 29.3 Å². The number of oxazole rings is 2. The summed E-state index contributed by atoms with van der Waals surface area (Å²) in [6.07, 6.45) is 0.325. The second-order valence-corrected chi connectivity index (χ2v) is 9.86. The highest BCUT2D eigenvalue weighted by molar-refractivity contribution is 5.80. The van der Waals surface area contributed by atoms with Crippen LogP contribution in [0.3, 0.4) is 0 Å². The maximum atomic E-state index is 12.4. The Morgan fingerprint density at radius 1 is 0.727 bits per heavy atom. The van der Waals surface area contributed by atoms with Crippen LogP contribution in [0.2, 0.25) is 0 Å². The summed E-state index contributed by atoms with van der Waals surface area (Å²) in [6.45, 7) is 1.34. The number of cyclic esters (lactones) is 2. The Labute approximate surface area is 250 Å². The van der Waals surface area contributed by atoms with Gasteiger partial charge in [-0.2, -0.15) is 0 Å². The Morgan fingerprint density at radius 2 is 1.14 bits per heavy atom. The molecule has 0 spiro atoms. The monoisotopic (exact) mass is 604 g/mol. The third kappa shape index (κ3) is 6.18. The van der Waals surface area contributed by atoms with Gasteiger partial charge in [0.05, 0.1) is 38.6 Å². The van der Waals surface area contributed by atoms with E-state index in [1.54, 1.807) is 58.3 Å². The number of amides is 2.